The molecule has 2 N–H and O–H groups in total. The van der Waals surface area contributed by atoms with Gasteiger partial charge >= 0.3 is 0 Å². The Morgan fingerprint density at radius 1 is 1.30 bits per heavy atom. The molecule has 2 amide bonds. The summed E-state index contributed by atoms with van der Waals surface area (Å²) >= 11 is 3.42. The zero-order chi connectivity index (χ0) is 19.0. The van der Waals surface area contributed by atoms with Crippen LogP contribution in [0.4, 0.5) is 5.69 Å². The number of rotatable bonds is 4. The molecule has 138 valence electrons. The van der Waals surface area contributed by atoms with Gasteiger partial charge in [-0.15, -0.1) is 0 Å². The van der Waals surface area contributed by atoms with Gasteiger partial charge in [0.1, 0.15) is 5.82 Å². The Labute approximate surface area is 165 Å². The first-order valence-corrected chi connectivity index (χ1v) is 9.61. The monoisotopic (exact) mass is 426 g/mol. The Balaban J connectivity index is 1.44. The maximum Gasteiger partial charge on any atom is 0.227 e. The smallest absolute Gasteiger partial charge is 0.227 e. The number of anilines is 1. The van der Waals surface area contributed by atoms with Crippen molar-refractivity contribution < 1.29 is 9.59 Å². The third-order valence-corrected chi connectivity index (χ3v) is 5.29. The number of amides is 2. The molecular weight excluding hydrogens is 408 g/mol. The molecule has 1 aliphatic heterocycles. The van der Waals surface area contributed by atoms with Gasteiger partial charge in [-0.25, -0.2) is 4.98 Å². The van der Waals surface area contributed by atoms with Gasteiger partial charge in [0, 0.05) is 23.1 Å². The molecule has 2 unspecified atom stereocenters. The summed E-state index contributed by atoms with van der Waals surface area (Å²) in [6, 6.07) is 15.0. The number of aromatic amines is 1. The van der Waals surface area contributed by atoms with E-state index in [1.807, 2.05) is 55.5 Å². The van der Waals surface area contributed by atoms with E-state index in [4.69, 9.17) is 0 Å². The number of aromatic nitrogens is 2. The molecule has 1 saturated heterocycles. The lowest BCUT2D eigenvalue weighted by Gasteiger charge is -2.18. The van der Waals surface area contributed by atoms with Gasteiger partial charge in [0.15, 0.2) is 0 Å². The SMILES string of the molecule is CC(NC(=O)C1CC(=O)N(c2cccc(Br)c2)C1)c1nc2ccccc2[nH]1. The first kappa shape index (κ1) is 17.7. The van der Waals surface area contributed by atoms with E-state index >= 15 is 0 Å². The number of halogens is 1. The van der Waals surface area contributed by atoms with Gasteiger partial charge in [0.05, 0.1) is 23.0 Å². The van der Waals surface area contributed by atoms with Crippen molar-refractivity contribution in [2.75, 3.05) is 11.4 Å². The summed E-state index contributed by atoms with van der Waals surface area (Å²) in [5, 5.41) is 2.98. The molecule has 1 fully saturated rings. The molecular formula is C20H19BrN4O2. The lowest BCUT2D eigenvalue weighted by Crippen LogP contribution is -2.35. The van der Waals surface area contributed by atoms with Crippen LogP contribution in [-0.4, -0.2) is 28.3 Å². The first-order valence-electron chi connectivity index (χ1n) is 8.82. The van der Waals surface area contributed by atoms with Crippen LogP contribution in [0.3, 0.4) is 0 Å². The Morgan fingerprint density at radius 2 is 2.11 bits per heavy atom. The Morgan fingerprint density at radius 3 is 2.89 bits per heavy atom. The van der Waals surface area contributed by atoms with E-state index in [0.29, 0.717) is 12.4 Å². The number of nitrogens with zero attached hydrogens (tertiary/aromatic N) is 2. The first-order chi connectivity index (χ1) is 13.0. The normalized spacial score (nSPS) is 18.1. The van der Waals surface area contributed by atoms with Crippen molar-refractivity contribution >= 4 is 44.5 Å². The van der Waals surface area contributed by atoms with Crippen molar-refractivity contribution in [1.82, 2.24) is 15.3 Å². The van der Waals surface area contributed by atoms with Crippen LogP contribution in [0.5, 0.6) is 0 Å². The lowest BCUT2D eigenvalue weighted by molar-refractivity contribution is -0.126. The average molecular weight is 427 g/mol. The van der Waals surface area contributed by atoms with Crippen LogP contribution in [0, 0.1) is 5.92 Å². The van der Waals surface area contributed by atoms with Gasteiger partial charge < -0.3 is 15.2 Å². The fourth-order valence-corrected chi connectivity index (χ4v) is 3.74. The highest BCUT2D eigenvalue weighted by atomic mass is 79.9. The number of carbonyl (C=O) groups is 2. The van der Waals surface area contributed by atoms with Crippen LogP contribution in [0.1, 0.15) is 25.2 Å². The number of H-pyrrole nitrogens is 1. The van der Waals surface area contributed by atoms with E-state index < -0.39 is 0 Å². The minimum atomic E-state index is -0.372. The number of benzene rings is 2. The summed E-state index contributed by atoms with van der Waals surface area (Å²) in [4.78, 5) is 34.5. The predicted molar refractivity (Wildman–Crippen MR) is 107 cm³/mol. The van der Waals surface area contributed by atoms with Gasteiger partial charge in [-0.2, -0.15) is 0 Å². The van der Waals surface area contributed by atoms with E-state index in [-0.39, 0.29) is 30.2 Å². The molecule has 7 heteroatoms. The van der Waals surface area contributed by atoms with Crippen molar-refractivity contribution in [3.05, 3.63) is 58.8 Å². The topological polar surface area (TPSA) is 78.1 Å². The van der Waals surface area contributed by atoms with Crippen LogP contribution in [0.25, 0.3) is 11.0 Å². The number of fused-ring (bicyclic) bond motifs is 1. The van der Waals surface area contributed by atoms with Crippen molar-refractivity contribution in [2.24, 2.45) is 5.92 Å². The van der Waals surface area contributed by atoms with Crippen LogP contribution in [0.15, 0.2) is 53.0 Å². The molecule has 2 atom stereocenters. The zero-order valence-electron chi connectivity index (χ0n) is 14.8. The molecule has 0 radical (unpaired) electrons. The molecule has 1 aromatic heterocycles. The second-order valence-corrected chi connectivity index (χ2v) is 7.67. The largest absolute Gasteiger partial charge is 0.346 e. The lowest BCUT2D eigenvalue weighted by atomic mass is 10.1. The molecule has 0 spiro atoms. The third-order valence-electron chi connectivity index (χ3n) is 4.79. The van der Waals surface area contributed by atoms with E-state index in [1.54, 1.807) is 4.90 Å². The van der Waals surface area contributed by atoms with Crippen LogP contribution in [-0.2, 0) is 9.59 Å². The Kier molecular flexibility index (Phi) is 4.70. The standard InChI is InChI=1S/C20H19BrN4O2/c1-12(19-23-16-7-2-3-8-17(16)24-19)22-20(27)13-9-18(26)25(11-13)15-6-4-5-14(21)10-15/h2-8,10,12-13H,9,11H2,1H3,(H,22,27)(H,23,24). The molecule has 0 aliphatic carbocycles. The minimum absolute atomic E-state index is 0.0374. The number of hydrogen-bond acceptors (Lipinski definition) is 3. The maximum absolute atomic E-state index is 12.7. The fourth-order valence-electron chi connectivity index (χ4n) is 3.35. The third kappa shape index (κ3) is 3.60. The molecule has 2 aromatic carbocycles. The molecule has 27 heavy (non-hydrogen) atoms. The summed E-state index contributed by atoms with van der Waals surface area (Å²) in [7, 11) is 0. The molecule has 3 aromatic rings. The van der Waals surface area contributed by atoms with E-state index in [1.165, 1.54) is 0 Å². The second kappa shape index (κ2) is 7.15. The van der Waals surface area contributed by atoms with Crippen molar-refractivity contribution in [1.29, 1.82) is 0 Å². The predicted octanol–water partition coefficient (Wildman–Crippen LogP) is 3.56. The van der Waals surface area contributed by atoms with E-state index in [9.17, 15) is 9.59 Å². The van der Waals surface area contributed by atoms with E-state index in [2.05, 4.69) is 31.2 Å². The summed E-state index contributed by atoms with van der Waals surface area (Å²) in [6.07, 6.45) is 0.213. The molecule has 4 rings (SSSR count). The van der Waals surface area contributed by atoms with Crippen molar-refractivity contribution in [3.8, 4) is 0 Å². The minimum Gasteiger partial charge on any atom is -0.346 e. The molecule has 0 saturated carbocycles. The summed E-state index contributed by atoms with van der Waals surface area (Å²) in [5.74, 6) is 0.166. The van der Waals surface area contributed by atoms with Crippen LogP contribution >= 0.6 is 15.9 Å². The summed E-state index contributed by atoms with van der Waals surface area (Å²) in [6.45, 7) is 2.27. The highest BCUT2D eigenvalue weighted by Gasteiger charge is 2.35. The Hall–Kier alpha value is -2.67. The number of hydrogen-bond donors (Lipinski definition) is 2. The second-order valence-electron chi connectivity index (χ2n) is 6.75. The van der Waals surface area contributed by atoms with Crippen LogP contribution < -0.4 is 10.2 Å². The van der Waals surface area contributed by atoms with E-state index in [0.717, 1.165) is 21.2 Å². The van der Waals surface area contributed by atoms with Crippen molar-refractivity contribution in [2.45, 2.75) is 19.4 Å². The number of para-hydroxylation sites is 2. The van der Waals surface area contributed by atoms with Gasteiger partial charge in [-0.3, -0.25) is 9.59 Å². The maximum atomic E-state index is 12.7. The van der Waals surface area contributed by atoms with Crippen molar-refractivity contribution in [3.63, 3.8) is 0 Å². The molecule has 2 heterocycles. The van der Waals surface area contributed by atoms with Crippen LogP contribution in [0.2, 0.25) is 0 Å². The number of carbonyl (C=O) groups excluding carboxylic acids is 2. The highest BCUT2D eigenvalue weighted by molar-refractivity contribution is 9.10. The van der Waals surface area contributed by atoms with Gasteiger partial charge in [0.25, 0.3) is 0 Å². The van der Waals surface area contributed by atoms with Gasteiger partial charge in [-0.05, 0) is 37.3 Å². The molecule has 1 aliphatic rings. The quantitative estimate of drug-likeness (QED) is 0.669. The highest BCUT2D eigenvalue weighted by Crippen LogP contribution is 2.28. The average Bonchev–Trinajstić information content (AvgIpc) is 3.25. The molecule has 0 bridgehead atoms. The van der Waals surface area contributed by atoms with Gasteiger partial charge in [-0.1, -0.05) is 34.1 Å². The summed E-state index contributed by atoms with van der Waals surface area (Å²) in [5.41, 5.74) is 2.60. The number of nitrogens with one attached hydrogen (secondary N) is 2. The number of imidazole rings is 1. The zero-order valence-corrected chi connectivity index (χ0v) is 16.4. The fraction of sp³-hybridized carbons (Fsp3) is 0.250. The summed E-state index contributed by atoms with van der Waals surface area (Å²) < 4.78 is 0.902. The Bertz CT molecular complexity index is 983. The van der Waals surface area contributed by atoms with Gasteiger partial charge in [0.2, 0.25) is 11.8 Å². The molecule has 6 nitrogen and oxygen atoms in total.